The van der Waals surface area contributed by atoms with Crippen molar-refractivity contribution in [1.82, 2.24) is 9.88 Å². The van der Waals surface area contributed by atoms with Gasteiger partial charge >= 0.3 is 0 Å². The third-order valence-electron chi connectivity index (χ3n) is 2.76. The molecule has 0 radical (unpaired) electrons. The number of carbonyl (C=O) groups is 1. The molecule has 0 bridgehead atoms. The highest BCUT2D eigenvalue weighted by Gasteiger charge is 2.34. The molecule has 0 atom stereocenters. The largest absolute Gasteiger partial charge is 0.341 e. The highest BCUT2D eigenvalue weighted by Crippen LogP contribution is 2.31. The first kappa shape index (κ1) is 9.19. The summed E-state index contributed by atoms with van der Waals surface area (Å²) in [6.45, 7) is 5.03. The number of fused-ring (bicyclic) bond motifs is 1. The van der Waals surface area contributed by atoms with Gasteiger partial charge in [-0.3, -0.25) is 9.78 Å². The molecule has 1 aromatic heterocycles. The van der Waals surface area contributed by atoms with E-state index in [4.69, 9.17) is 0 Å². The minimum atomic E-state index is 0.00620. The highest BCUT2D eigenvalue weighted by atomic mass is 16.2. The van der Waals surface area contributed by atoms with E-state index in [0.717, 1.165) is 17.7 Å². The number of pyridine rings is 1. The van der Waals surface area contributed by atoms with Crippen LogP contribution in [0.15, 0.2) is 18.5 Å². The summed E-state index contributed by atoms with van der Waals surface area (Å²) in [6, 6.07) is 1.80. The molecule has 3 nitrogen and oxygen atoms in total. The summed E-state index contributed by atoms with van der Waals surface area (Å²) in [7, 11) is 1.84. The van der Waals surface area contributed by atoms with E-state index in [1.165, 1.54) is 0 Å². The SMILES string of the molecule is CN1CC(C)(C)c2cnccc2C1=O. The average Bonchev–Trinajstić information content (AvgIpc) is 2.14. The summed E-state index contributed by atoms with van der Waals surface area (Å²) in [5.41, 5.74) is 1.86. The van der Waals surface area contributed by atoms with Gasteiger partial charge in [-0.25, -0.2) is 0 Å². The van der Waals surface area contributed by atoms with Crippen molar-refractivity contribution in [2.24, 2.45) is 0 Å². The Balaban J connectivity index is 2.62. The lowest BCUT2D eigenvalue weighted by Crippen LogP contribution is -2.44. The predicted molar refractivity (Wildman–Crippen MR) is 54.2 cm³/mol. The van der Waals surface area contributed by atoms with E-state index >= 15 is 0 Å². The zero-order valence-corrected chi connectivity index (χ0v) is 8.74. The third kappa shape index (κ3) is 1.20. The van der Waals surface area contributed by atoms with Crippen LogP contribution >= 0.6 is 0 Å². The molecule has 0 saturated heterocycles. The number of aromatic nitrogens is 1. The lowest BCUT2D eigenvalue weighted by molar-refractivity contribution is 0.0737. The van der Waals surface area contributed by atoms with Crippen molar-refractivity contribution < 1.29 is 4.79 Å². The Morgan fingerprint density at radius 1 is 1.50 bits per heavy atom. The second-order valence-corrected chi connectivity index (χ2v) is 4.47. The quantitative estimate of drug-likeness (QED) is 0.620. The Morgan fingerprint density at radius 2 is 2.21 bits per heavy atom. The molecule has 0 spiro atoms. The molecule has 2 rings (SSSR count). The Kier molecular flexibility index (Phi) is 1.84. The van der Waals surface area contributed by atoms with Crippen LogP contribution in [0.2, 0.25) is 0 Å². The molecule has 0 saturated carbocycles. The van der Waals surface area contributed by atoms with Crippen LogP contribution in [0.5, 0.6) is 0 Å². The Labute approximate surface area is 83.8 Å². The maximum Gasteiger partial charge on any atom is 0.254 e. The number of hydrogen-bond donors (Lipinski definition) is 0. The van der Waals surface area contributed by atoms with Crippen LogP contribution in [0.4, 0.5) is 0 Å². The van der Waals surface area contributed by atoms with Crippen molar-refractivity contribution >= 4 is 5.91 Å². The van der Waals surface area contributed by atoms with Gasteiger partial charge in [0, 0.05) is 37.0 Å². The summed E-state index contributed by atoms with van der Waals surface area (Å²) < 4.78 is 0. The van der Waals surface area contributed by atoms with E-state index in [0.29, 0.717) is 0 Å². The van der Waals surface area contributed by atoms with E-state index in [1.807, 2.05) is 7.05 Å². The van der Waals surface area contributed by atoms with Crippen LogP contribution in [0.25, 0.3) is 0 Å². The minimum Gasteiger partial charge on any atom is -0.341 e. The molecule has 0 fully saturated rings. The van der Waals surface area contributed by atoms with Crippen molar-refractivity contribution in [1.29, 1.82) is 0 Å². The van der Waals surface area contributed by atoms with Gasteiger partial charge in [0.2, 0.25) is 0 Å². The number of hydrogen-bond acceptors (Lipinski definition) is 2. The minimum absolute atomic E-state index is 0.00620. The molecule has 0 aromatic carbocycles. The molecule has 1 aromatic rings. The third-order valence-corrected chi connectivity index (χ3v) is 2.76. The predicted octanol–water partition coefficient (Wildman–Crippen LogP) is 1.44. The molecule has 14 heavy (non-hydrogen) atoms. The summed E-state index contributed by atoms with van der Waals surface area (Å²) in [4.78, 5) is 17.7. The Bertz CT molecular complexity index is 385. The average molecular weight is 190 g/mol. The van der Waals surface area contributed by atoms with Gasteiger partial charge in [0.1, 0.15) is 0 Å². The second-order valence-electron chi connectivity index (χ2n) is 4.47. The first-order valence-corrected chi connectivity index (χ1v) is 4.72. The first-order valence-electron chi connectivity index (χ1n) is 4.72. The van der Waals surface area contributed by atoms with Gasteiger partial charge in [-0.1, -0.05) is 13.8 Å². The van der Waals surface area contributed by atoms with Crippen molar-refractivity contribution in [3.05, 3.63) is 29.6 Å². The van der Waals surface area contributed by atoms with Crippen molar-refractivity contribution in [2.75, 3.05) is 13.6 Å². The van der Waals surface area contributed by atoms with Crippen LogP contribution in [0.1, 0.15) is 29.8 Å². The van der Waals surface area contributed by atoms with Crippen molar-refractivity contribution in [3.63, 3.8) is 0 Å². The van der Waals surface area contributed by atoms with Crippen LogP contribution in [-0.4, -0.2) is 29.4 Å². The van der Waals surface area contributed by atoms with Gasteiger partial charge < -0.3 is 4.90 Å². The number of carbonyl (C=O) groups excluding carboxylic acids is 1. The molecule has 2 heterocycles. The molecule has 0 N–H and O–H groups in total. The molecular weight excluding hydrogens is 176 g/mol. The Morgan fingerprint density at radius 3 is 2.93 bits per heavy atom. The van der Waals surface area contributed by atoms with Crippen molar-refractivity contribution in [2.45, 2.75) is 19.3 Å². The van der Waals surface area contributed by atoms with Gasteiger partial charge in [-0.2, -0.15) is 0 Å². The van der Waals surface area contributed by atoms with Crippen LogP contribution in [0.3, 0.4) is 0 Å². The second kappa shape index (κ2) is 2.80. The topological polar surface area (TPSA) is 33.2 Å². The molecule has 1 aliphatic rings. The maximum absolute atomic E-state index is 11.8. The highest BCUT2D eigenvalue weighted by molar-refractivity contribution is 5.97. The fourth-order valence-corrected chi connectivity index (χ4v) is 2.08. The summed E-state index contributed by atoms with van der Waals surface area (Å²) in [5, 5.41) is 0. The lowest BCUT2D eigenvalue weighted by Gasteiger charge is -2.37. The fourth-order valence-electron chi connectivity index (χ4n) is 2.08. The standard InChI is InChI=1S/C11H14N2O/c1-11(2)7-13(3)10(14)8-4-5-12-6-9(8)11/h4-6H,7H2,1-3H3. The molecule has 74 valence electrons. The smallest absolute Gasteiger partial charge is 0.254 e. The van der Waals surface area contributed by atoms with E-state index in [-0.39, 0.29) is 11.3 Å². The number of likely N-dealkylation sites (N-methyl/N-ethyl adjacent to an activating group) is 1. The number of nitrogens with zero attached hydrogens (tertiary/aromatic N) is 2. The normalized spacial score (nSPS) is 19.4. The van der Waals surface area contributed by atoms with E-state index < -0.39 is 0 Å². The van der Waals surface area contributed by atoms with E-state index in [1.54, 1.807) is 23.4 Å². The van der Waals surface area contributed by atoms with Crippen molar-refractivity contribution in [3.8, 4) is 0 Å². The lowest BCUT2D eigenvalue weighted by atomic mass is 9.79. The van der Waals surface area contributed by atoms with Crippen LogP contribution in [0, 0.1) is 0 Å². The summed E-state index contributed by atoms with van der Waals surface area (Å²) in [6.07, 6.45) is 3.48. The van der Waals surface area contributed by atoms with Crippen LogP contribution < -0.4 is 0 Å². The van der Waals surface area contributed by atoms with Gasteiger partial charge in [0.05, 0.1) is 0 Å². The first-order chi connectivity index (χ1) is 6.52. The van der Waals surface area contributed by atoms with Gasteiger partial charge in [0.25, 0.3) is 5.91 Å². The molecule has 0 aliphatic carbocycles. The van der Waals surface area contributed by atoms with Gasteiger partial charge in [-0.05, 0) is 11.6 Å². The van der Waals surface area contributed by atoms with E-state index in [2.05, 4.69) is 18.8 Å². The molecular formula is C11H14N2O. The number of amides is 1. The zero-order valence-electron chi connectivity index (χ0n) is 8.74. The zero-order chi connectivity index (χ0) is 10.3. The molecule has 1 aliphatic heterocycles. The summed E-state index contributed by atoms with van der Waals surface area (Å²) in [5.74, 6) is 0.0988. The summed E-state index contributed by atoms with van der Waals surface area (Å²) >= 11 is 0. The maximum atomic E-state index is 11.8. The Hall–Kier alpha value is -1.38. The molecule has 1 amide bonds. The molecule has 0 unspecified atom stereocenters. The van der Waals surface area contributed by atoms with E-state index in [9.17, 15) is 4.79 Å². The van der Waals surface area contributed by atoms with Gasteiger partial charge in [0.15, 0.2) is 0 Å². The monoisotopic (exact) mass is 190 g/mol. The number of rotatable bonds is 0. The van der Waals surface area contributed by atoms with Gasteiger partial charge in [-0.15, -0.1) is 0 Å². The fraction of sp³-hybridized carbons (Fsp3) is 0.455. The van der Waals surface area contributed by atoms with Crippen LogP contribution in [-0.2, 0) is 5.41 Å². The molecule has 3 heteroatoms.